The molecule has 1 amide bonds. The molecule has 4 rings (SSSR count). The van der Waals surface area contributed by atoms with E-state index in [0.717, 1.165) is 23.1 Å². The standard InChI is InChI=1S/C23H21ClN4O3/c1-3-12-28(14-21-26-27-22(31-21)17-6-4-5-7-18(17)24)23(29)20-10-8-15-13-16(30-2)9-11-19(15)25-20/h4-11,13H,3,12,14H2,1-2H3. The molecule has 0 aliphatic heterocycles. The Labute approximate surface area is 184 Å². The van der Waals surface area contributed by atoms with Gasteiger partial charge in [0.15, 0.2) is 0 Å². The van der Waals surface area contributed by atoms with Crippen molar-refractivity contribution in [3.8, 4) is 17.2 Å². The molecule has 0 atom stereocenters. The summed E-state index contributed by atoms with van der Waals surface area (Å²) >= 11 is 6.21. The monoisotopic (exact) mass is 436 g/mol. The predicted molar refractivity (Wildman–Crippen MR) is 118 cm³/mol. The van der Waals surface area contributed by atoms with Gasteiger partial charge in [0.2, 0.25) is 11.8 Å². The number of carbonyl (C=O) groups is 1. The van der Waals surface area contributed by atoms with Crippen molar-refractivity contribution in [2.75, 3.05) is 13.7 Å². The molecule has 0 saturated carbocycles. The SMILES string of the molecule is CCCN(Cc1nnc(-c2ccccc2Cl)o1)C(=O)c1ccc2cc(OC)ccc2n1. The normalized spacial score (nSPS) is 10.9. The van der Waals surface area contributed by atoms with Gasteiger partial charge in [-0.25, -0.2) is 4.98 Å². The van der Waals surface area contributed by atoms with E-state index in [4.69, 9.17) is 20.8 Å². The fourth-order valence-corrected chi connectivity index (χ4v) is 3.47. The van der Waals surface area contributed by atoms with E-state index in [2.05, 4.69) is 15.2 Å². The lowest BCUT2D eigenvalue weighted by molar-refractivity contribution is 0.0723. The van der Waals surface area contributed by atoms with Gasteiger partial charge >= 0.3 is 0 Å². The van der Waals surface area contributed by atoms with Gasteiger partial charge in [0.1, 0.15) is 11.4 Å². The van der Waals surface area contributed by atoms with Gasteiger partial charge in [-0.15, -0.1) is 10.2 Å². The predicted octanol–water partition coefficient (Wildman–Crippen LogP) is 5.00. The van der Waals surface area contributed by atoms with Gasteiger partial charge in [0.05, 0.1) is 29.8 Å². The summed E-state index contributed by atoms with van der Waals surface area (Å²) in [5.41, 5.74) is 1.74. The summed E-state index contributed by atoms with van der Waals surface area (Å²) in [6.07, 6.45) is 0.780. The Kier molecular flexibility index (Phi) is 6.13. The molecule has 7 nitrogen and oxygen atoms in total. The van der Waals surface area contributed by atoms with Crippen LogP contribution >= 0.6 is 11.6 Å². The molecule has 0 spiro atoms. The largest absolute Gasteiger partial charge is 0.497 e. The molecule has 8 heteroatoms. The Bertz CT molecular complexity index is 1220. The molecule has 4 aromatic rings. The van der Waals surface area contributed by atoms with Crippen LogP contribution in [-0.2, 0) is 6.54 Å². The van der Waals surface area contributed by atoms with Crippen LogP contribution in [0.4, 0.5) is 0 Å². The number of hydrogen-bond acceptors (Lipinski definition) is 6. The molecular formula is C23H21ClN4O3. The molecule has 31 heavy (non-hydrogen) atoms. The average Bonchev–Trinajstić information content (AvgIpc) is 3.26. The number of ether oxygens (including phenoxy) is 1. The number of benzene rings is 2. The van der Waals surface area contributed by atoms with Crippen LogP contribution in [0.3, 0.4) is 0 Å². The van der Waals surface area contributed by atoms with Crippen LogP contribution < -0.4 is 4.74 Å². The summed E-state index contributed by atoms with van der Waals surface area (Å²) < 4.78 is 11.0. The van der Waals surface area contributed by atoms with E-state index in [9.17, 15) is 4.79 Å². The number of pyridine rings is 1. The number of nitrogens with zero attached hydrogens (tertiary/aromatic N) is 4. The summed E-state index contributed by atoms with van der Waals surface area (Å²) in [7, 11) is 1.61. The summed E-state index contributed by atoms with van der Waals surface area (Å²) in [6.45, 7) is 2.72. The topological polar surface area (TPSA) is 81.4 Å². The molecule has 2 aromatic heterocycles. The van der Waals surface area contributed by atoms with Crippen molar-refractivity contribution in [2.45, 2.75) is 19.9 Å². The van der Waals surface area contributed by atoms with Crippen LogP contribution in [0.5, 0.6) is 5.75 Å². The molecule has 2 aromatic carbocycles. The first kappa shape index (κ1) is 20.8. The second-order valence-corrected chi connectivity index (χ2v) is 7.37. The lowest BCUT2D eigenvalue weighted by Crippen LogP contribution is -2.32. The molecule has 158 valence electrons. The Morgan fingerprint density at radius 3 is 2.74 bits per heavy atom. The average molecular weight is 437 g/mol. The summed E-state index contributed by atoms with van der Waals surface area (Å²) in [5.74, 6) is 1.20. The lowest BCUT2D eigenvalue weighted by Gasteiger charge is -2.20. The van der Waals surface area contributed by atoms with Gasteiger partial charge in [-0.2, -0.15) is 0 Å². The minimum atomic E-state index is -0.197. The van der Waals surface area contributed by atoms with Crippen molar-refractivity contribution in [1.82, 2.24) is 20.1 Å². The highest BCUT2D eigenvalue weighted by atomic mass is 35.5. The quantitative estimate of drug-likeness (QED) is 0.405. The zero-order valence-electron chi connectivity index (χ0n) is 17.2. The second-order valence-electron chi connectivity index (χ2n) is 6.96. The van der Waals surface area contributed by atoms with E-state index < -0.39 is 0 Å². The molecule has 2 heterocycles. The van der Waals surface area contributed by atoms with E-state index in [-0.39, 0.29) is 12.5 Å². The molecule has 0 fully saturated rings. The Balaban J connectivity index is 1.57. The summed E-state index contributed by atoms with van der Waals surface area (Å²) in [4.78, 5) is 19.3. The molecule has 0 bridgehead atoms. The Hall–Kier alpha value is -3.45. The molecule has 0 aliphatic rings. The number of hydrogen-bond donors (Lipinski definition) is 0. The van der Waals surface area contributed by atoms with Crippen LogP contribution in [0.25, 0.3) is 22.4 Å². The van der Waals surface area contributed by atoms with Gasteiger partial charge in [-0.05, 0) is 42.8 Å². The van der Waals surface area contributed by atoms with Crippen molar-refractivity contribution in [3.05, 3.63) is 71.2 Å². The molecule has 0 radical (unpaired) electrons. The van der Waals surface area contributed by atoms with Crippen molar-refractivity contribution < 1.29 is 13.9 Å². The number of amides is 1. The minimum absolute atomic E-state index is 0.187. The first-order valence-electron chi connectivity index (χ1n) is 9.90. The van der Waals surface area contributed by atoms with Crippen LogP contribution in [0.2, 0.25) is 5.02 Å². The molecular weight excluding hydrogens is 416 g/mol. The number of aromatic nitrogens is 3. The second kappa shape index (κ2) is 9.14. The third kappa shape index (κ3) is 4.51. The van der Waals surface area contributed by atoms with Crippen LogP contribution in [0, 0.1) is 0 Å². The molecule has 0 aliphatic carbocycles. The van der Waals surface area contributed by atoms with Gasteiger partial charge in [0, 0.05) is 11.9 Å². The maximum absolute atomic E-state index is 13.2. The highest BCUT2D eigenvalue weighted by Crippen LogP contribution is 2.26. The lowest BCUT2D eigenvalue weighted by atomic mass is 10.2. The smallest absolute Gasteiger partial charge is 0.272 e. The van der Waals surface area contributed by atoms with Gasteiger partial charge in [0.25, 0.3) is 5.91 Å². The maximum Gasteiger partial charge on any atom is 0.272 e. The first-order valence-corrected chi connectivity index (χ1v) is 10.3. The van der Waals surface area contributed by atoms with E-state index in [1.54, 1.807) is 24.1 Å². The maximum atomic E-state index is 13.2. The molecule has 0 saturated heterocycles. The number of carbonyl (C=O) groups excluding carboxylic acids is 1. The summed E-state index contributed by atoms with van der Waals surface area (Å²) in [5, 5.41) is 9.61. The number of rotatable bonds is 7. The number of methoxy groups -OCH3 is 1. The Morgan fingerprint density at radius 1 is 1.13 bits per heavy atom. The van der Waals surface area contributed by atoms with Crippen LogP contribution in [-0.4, -0.2) is 39.6 Å². The minimum Gasteiger partial charge on any atom is -0.497 e. The summed E-state index contributed by atoms with van der Waals surface area (Å²) in [6, 6.07) is 16.4. The van der Waals surface area contributed by atoms with E-state index >= 15 is 0 Å². The van der Waals surface area contributed by atoms with Crippen LogP contribution in [0.15, 0.2) is 59.0 Å². The van der Waals surface area contributed by atoms with Crippen molar-refractivity contribution in [3.63, 3.8) is 0 Å². The Morgan fingerprint density at radius 2 is 1.97 bits per heavy atom. The number of halogens is 1. The number of fused-ring (bicyclic) bond motifs is 1. The first-order chi connectivity index (χ1) is 15.1. The molecule has 0 unspecified atom stereocenters. The van der Waals surface area contributed by atoms with Crippen LogP contribution in [0.1, 0.15) is 29.7 Å². The fourth-order valence-electron chi connectivity index (χ4n) is 3.26. The van der Waals surface area contributed by atoms with Crippen molar-refractivity contribution in [1.29, 1.82) is 0 Å². The fraction of sp³-hybridized carbons (Fsp3) is 0.217. The zero-order chi connectivity index (χ0) is 21.8. The van der Waals surface area contributed by atoms with Crippen molar-refractivity contribution >= 4 is 28.4 Å². The van der Waals surface area contributed by atoms with Crippen molar-refractivity contribution in [2.24, 2.45) is 0 Å². The van der Waals surface area contributed by atoms with E-state index in [1.807, 2.05) is 49.4 Å². The van der Waals surface area contributed by atoms with Gasteiger partial charge < -0.3 is 14.1 Å². The highest BCUT2D eigenvalue weighted by Gasteiger charge is 2.21. The van der Waals surface area contributed by atoms with Gasteiger partial charge in [-0.3, -0.25) is 4.79 Å². The third-order valence-electron chi connectivity index (χ3n) is 4.79. The van der Waals surface area contributed by atoms with E-state index in [0.29, 0.717) is 34.6 Å². The third-order valence-corrected chi connectivity index (χ3v) is 5.12. The van der Waals surface area contributed by atoms with Gasteiger partial charge in [-0.1, -0.05) is 36.7 Å². The zero-order valence-corrected chi connectivity index (χ0v) is 18.0. The molecule has 0 N–H and O–H groups in total. The van der Waals surface area contributed by atoms with E-state index in [1.165, 1.54) is 0 Å². The highest BCUT2D eigenvalue weighted by molar-refractivity contribution is 6.33.